The molecule has 0 unspecified atom stereocenters. The molecule has 1 aliphatic rings. The summed E-state index contributed by atoms with van der Waals surface area (Å²) in [5.74, 6) is -1.48. The first-order valence-electron chi connectivity index (χ1n) is 5.58. The van der Waals surface area contributed by atoms with E-state index in [1.165, 1.54) is 5.38 Å². The highest BCUT2D eigenvalue weighted by Gasteiger charge is 2.37. The smallest absolute Gasteiger partial charge is 0.355 e. The molecule has 1 aromatic heterocycles. The Morgan fingerprint density at radius 1 is 1.61 bits per heavy atom. The van der Waals surface area contributed by atoms with Gasteiger partial charge in [-0.2, -0.15) is 0 Å². The molecule has 1 saturated carbocycles. The molecule has 18 heavy (non-hydrogen) atoms. The summed E-state index contributed by atoms with van der Waals surface area (Å²) in [5.41, 5.74) is -0.349. The van der Waals surface area contributed by atoms with Crippen molar-refractivity contribution in [3.63, 3.8) is 0 Å². The van der Waals surface area contributed by atoms with E-state index in [0.717, 1.165) is 30.6 Å². The second-order valence-electron chi connectivity index (χ2n) is 4.27. The maximum Gasteiger partial charge on any atom is 0.355 e. The van der Waals surface area contributed by atoms with Gasteiger partial charge in [-0.25, -0.2) is 9.78 Å². The lowest BCUT2D eigenvalue weighted by Crippen LogP contribution is -2.49. The summed E-state index contributed by atoms with van der Waals surface area (Å²) in [6, 6.07) is 0. The van der Waals surface area contributed by atoms with Crippen molar-refractivity contribution in [1.82, 2.24) is 10.3 Å². The normalized spacial score (nSPS) is 16.9. The highest BCUT2D eigenvalue weighted by atomic mass is 32.1. The van der Waals surface area contributed by atoms with E-state index in [1.807, 2.05) is 0 Å². The SMILES string of the molecule is COC1(CNC(=O)c2nc(C(=O)O)cs2)CCC1. The van der Waals surface area contributed by atoms with Crippen LogP contribution in [0.1, 0.15) is 39.6 Å². The number of aromatic carboxylic acids is 1. The molecule has 1 aromatic rings. The molecule has 2 N–H and O–H groups in total. The lowest BCUT2D eigenvalue weighted by atomic mass is 9.80. The maximum absolute atomic E-state index is 11.8. The molecule has 1 heterocycles. The number of hydrogen-bond acceptors (Lipinski definition) is 5. The van der Waals surface area contributed by atoms with Gasteiger partial charge in [-0.05, 0) is 19.3 Å². The van der Waals surface area contributed by atoms with Crippen LogP contribution >= 0.6 is 11.3 Å². The van der Waals surface area contributed by atoms with Crippen molar-refractivity contribution in [1.29, 1.82) is 0 Å². The number of carboxylic acid groups (broad SMARTS) is 1. The third-order valence-corrected chi connectivity index (χ3v) is 4.03. The standard InChI is InChI=1S/C11H14N2O4S/c1-17-11(3-2-4-11)6-12-8(14)9-13-7(5-18-9)10(15)16/h5H,2-4,6H2,1H3,(H,12,14)(H,15,16). The van der Waals surface area contributed by atoms with Gasteiger partial charge < -0.3 is 15.2 Å². The van der Waals surface area contributed by atoms with Crippen molar-refractivity contribution in [2.45, 2.75) is 24.9 Å². The number of carbonyl (C=O) groups excluding carboxylic acids is 1. The topological polar surface area (TPSA) is 88.5 Å². The molecule has 0 radical (unpaired) electrons. The van der Waals surface area contributed by atoms with Crippen LogP contribution in [0.25, 0.3) is 0 Å². The summed E-state index contributed by atoms with van der Waals surface area (Å²) in [7, 11) is 1.64. The molecule has 98 valence electrons. The first kappa shape index (κ1) is 13.0. The monoisotopic (exact) mass is 270 g/mol. The van der Waals surface area contributed by atoms with Crippen LogP contribution in [0.15, 0.2) is 5.38 Å². The third kappa shape index (κ3) is 2.51. The molecule has 1 aliphatic carbocycles. The van der Waals surface area contributed by atoms with E-state index < -0.39 is 5.97 Å². The van der Waals surface area contributed by atoms with Gasteiger partial charge in [0.15, 0.2) is 10.7 Å². The van der Waals surface area contributed by atoms with E-state index in [9.17, 15) is 9.59 Å². The second kappa shape index (κ2) is 5.03. The van der Waals surface area contributed by atoms with Gasteiger partial charge in [0.25, 0.3) is 5.91 Å². The molecular formula is C11H14N2O4S. The maximum atomic E-state index is 11.8. The number of carboxylic acids is 1. The van der Waals surface area contributed by atoms with Crippen molar-refractivity contribution in [3.8, 4) is 0 Å². The van der Waals surface area contributed by atoms with E-state index in [-0.39, 0.29) is 22.2 Å². The number of aromatic nitrogens is 1. The molecule has 6 nitrogen and oxygen atoms in total. The Morgan fingerprint density at radius 3 is 2.78 bits per heavy atom. The van der Waals surface area contributed by atoms with E-state index in [4.69, 9.17) is 9.84 Å². The summed E-state index contributed by atoms with van der Waals surface area (Å²) >= 11 is 1.02. The van der Waals surface area contributed by atoms with E-state index in [1.54, 1.807) is 7.11 Å². The average Bonchev–Trinajstić information content (AvgIpc) is 2.77. The Labute approximate surface area is 108 Å². The quantitative estimate of drug-likeness (QED) is 0.837. The van der Waals surface area contributed by atoms with Crippen molar-refractivity contribution in [2.75, 3.05) is 13.7 Å². The van der Waals surface area contributed by atoms with Crippen LogP contribution in [-0.2, 0) is 4.74 Å². The fourth-order valence-electron chi connectivity index (χ4n) is 1.82. The van der Waals surface area contributed by atoms with Gasteiger partial charge in [0.2, 0.25) is 0 Å². The number of methoxy groups -OCH3 is 1. The summed E-state index contributed by atoms with van der Waals surface area (Å²) in [6.07, 6.45) is 2.97. The van der Waals surface area contributed by atoms with Gasteiger partial charge in [0.1, 0.15) is 0 Å². The predicted molar refractivity (Wildman–Crippen MR) is 65.0 cm³/mol. The van der Waals surface area contributed by atoms with E-state index in [2.05, 4.69) is 10.3 Å². The Morgan fingerprint density at radius 2 is 2.33 bits per heavy atom. The summed E-state index contributed by atoms with van der Waals surface area (Å²) in [5, 5.41) is 13.0. The molecule has 0 aliphatic heterocycles. The number of carbonyl (C=O) groups is 2. The molecule has 1 amide bonds. The number of hydrogen-bond donors (Lipinski definition) is 2. The molecule has 2 rings (SSSR count). The molecule has 0 bridgehead atoms. The van der Waals surface area contributed by atoms with Crippen LogP contribution in [0.2, 0.25) is 0 Å². The Balaban J connectivity index is 1.93. The molecule has 0 aromatic carbocycles. The first-order chi connectivity index (χ1) is 8.56. The lowest BCUT2D eigenvalue weighted by molar-refractivity contribution is -0.0679. The van der Waals surface area contributed by atoms with E-state index in [0.29, 0.717) is 6.54 Å². The molecular weight excluding hydrogens is 256 g/mol. The Hall–Kier alpha value is -1.47. The number of nitrogens with one attached hydrogen (secondary N) is 1. The minimum absolute atomic E-state index is 0.102. The second-order valence-corrected chi connectivity index (χ2v) is 5.12. The predicted octanol–water partition coefficient (Wildman–Crippen LogP) is 1.14. The minimum atomic E-state index is -1.13. The van der Waals surface area contributed by atoms with Gasteiger partial charge in [0.05, 0.1) is 5.60 Å². The lowest BCUT2D eigenvalue weighted by Gasteiger charge is -2.40. The van der Waals surface area contributed by atoms with Gasteiger partial charge in [0, 0.05) is 19.0 Å². The van der Waals surface area contributed by atoms with Crippen molar-refractivity contribution in [2.24, 2.45) is 0 Å². The summed E-state index contributed by atoms with van der Waals surface area (Å²) < 4.78 is 5.38. The third-order valence-electron chi connectivity index (χ3n) is 3.19. The number of ether oxygens (including phenoxy) is 1. The average molecular weight is 270 g/mol. The van der Waals surface area contributed by atoms with Crippen molar-refractivity contribution < 1.29 is 19.4 Å². The van der Waals surface area contributed by atoms with Crippen LogP contribution in [0.5, 0.6) is 0 Å². The highest BCUT2D eigenvalue weighted by molar-refractivity contribution is 7.11. The van der Waals surface area contributed by atoms with Gasteiger partial charge in [-0.15, -0.1) is 11.3 Å². The molecule has 0 atom stereocenters. The minimum Gasteiger partial charge on any atom is -0.476 e. The largest absolute Gasteiger partial charge is 0.476 e. The zero-order valence-electron chi connectivity index (χ0n) is 9.93. The van der Waals surface area contributed by atoms with Gasteiger partial charge in [-0.3, -0.25) is 4.79 Å². The Bertz CT molecular complexity index is 462. The van der Waals surface area contributed by atoms with Crippen LogP contribution in [0.3, 0.4) is 0 Å². The van der Waals surface area contributed by atoms with Crippen molar-refractivity contribution in [3.05, 3.63) is 16.1 Å². The zero-order valence-corrected chi connectivity index (χ0v) is 10.7. The molecule has 7 heteroatoms. The fraction of sp³-hybridized carbons (Fsp3) is 0.545. The highest BCUT2D eigenvalue weighted by Crippen LogP contribution is 2.34. The number of rotatable bonds is 5. The first-order valence-corrected chi connectivity index (χ1v) is 6.46. The number of thiazole rings is 1. The van der Waals surface area contributed by atoms with Gasteiger partial charge in [-0.1, -0.05) is 0 Å². The van der Waals surface area contributed by atoms with Crippen LogP contribution < -0.4 is 5.32 Å². The number of amides is 1. The van der Waals surface area contributed by atoms with Crippen LogP contribution in [-0.4, -0.2) is 41.2 Å². The fourth-order valence-corrected chi connectivity index (χ4v) is 2.52. The van der Waals surface area contributed by atoms with Crippen LogP contribution in [0.4, 0.5) is 0 Å². The molecule has 0 saturated heterocycles. The van der Waals surface area contributed by atoms with E-state index >= 15 is 0 Å². The van der Waals surface area contributed by atoms with Gasteiger partial charge >= 0.3 is 5.97 Å². The number of nitrogens with zero attached hydrogens (tertiary/aromatic N) is 1. The van der Waals surface area contributed by atoms with Crippen LogP contribution in [0, 0.1) is 0 Å². The summed E-state index contributed by atoms with van der Waals surface area (Å²) in [4.78, 5) is 26.2. The Kier molecular flexibility index (Phi) is 3.63. The molecule has 1 fully saturated rings. The molecule has 0 spiro atoms. The summed E-state index contributed by atoms with van der Waals surface area (Å²) in [6.45, 7) is 0.435. The zero-order chi connectivity index (χ0) is 13.2. The van der Waals surface area contributed by atoms with Crippen molar-refractivity contribution >= 4 is 23.2 Å².